The average Bonchev–Trinajstić information content (AvgIpc) is 2.76. The van der Waals surface area contributed by atoms with Crippen molar-refractivity contribution in [2.45, 2.75) is 13.0 Å². The number of carbonyl (C=O) groups excluding carboxylic acids is 3. The summed E-state index contributed by atoms with van der Waals surface area (Å²) in [5.41, 5.74) is 0.522. The van der Waals surface area contributed by atoms with Gasteiger partial charge in [-0.15, -0.1) is 0 Å². The number of hydrogen-bond donors (Lipinski definition) is 2. The molecule has 6 heteroatoms. The van der Waals surface area contributed by atoms with Crippen LogP contribution < -0.4 is 5.32 Å². The van der Waals surface area contributed by atoms with Gasteiger partial charge in [-0.1, -0.05) is 0 Å². The van der Waals surface area contributed by atoms with Gasteiger partial charge in [0.25, 0.3) is 5.91 Å². The van der Waals surface area contributed by atoms with Crippen LogP contribution in [-0.4, -0.2) is 36.3 Å². The zero-order valence-electron chi connectivity index (χ0n) is 8.94. The number of carbonyl (C=O) groups is 3. The van der Waals surface area contributed by atoms with E-state index in [1.165, 1.54) is 26.2 Å². The van der Waals surface area contributed by atoms with Gasteiger partial charge >= 0.3 is 5.97 Å². The minimum Gasteiger partial charge on any atom is -0.467 e. The van der Waals surface area contributed by atoms with Gasteiger partial charge in [0.2, 0.25) is 0 Å². The molecule has 0 fully saturated rings. The monoisotopic (exact) mass is 224 g/mol. The third-order valence-electron chi connectivity index (χ3n) is 1.98. The van der Waals surface area contributed by atoms with E-state index in [9.17, 15) is 14.4 Å². The third-order valence-corrected chi connectivity index (χ3v) is 1.98. The molecule has 0 aromatic carbocycles. The molecule has 1 heterocycles. The highest BCUT2D eigenvalue weighted by Crippen LogP contribution is 2.00. The first-order valence-electron chi connectivity index (χ1n) is 4.61. The first-order valence-corrected chi connectivity index (χ1v) is 4.61. The van der Waals surface area contributed by atoms with E-state index in [0.29, 0.717) is 12.0 Å². The number of amides is 1. The number of ether oxygens (including phenoxy) is 1. The highest BCUT2D eigenvalue weighted by atomic mass is 16.5. The fourth-order valence-corrected chi connectivity index (χ4v) is 1.12. The second-order valence-electron chi connectivity index (χ2n) is 3.16. The number of hydrogen-bond acceptors (Lipinski definition) is 4. The fraction of sp³-hybridized carbons (Fsp3) is 0.300. The van der Waals surface area contributed by atoms with Crippen LogP contribution in [0.25, 0.3) is 0 Å². The minimum absolute atomic E-state index is 0.220. The molecule has 2 N–H and O–H groups in total. The maximum atomic E-state index is 11.5. The molecule has 0 saturated heterocycles. The molecule has 0 aliphatic heterocycles. The summed E-state index contributed by atoms with van der Waals surface area (Å²) in [6.07, 6.45) is 0.598. The lowest BCUT2D eigenvalue weighted by Gasteiger charge is -2.10. The van der Waals surface area contributed by atoms with Gasteiger partial charge in [-0.25, -0.2) is 4.79 Å². The van der Waals surface area contributed by atoms with Crippen molar-refractivity contribution in [1.29, 1.82) is 0 Å². The smallest absolute Gasteiger partial charge is 0.328 e. The highest BCUT2D eigenvalue weighted by Gasteiger charge is 2.17. The van der Waals surface area contributed by atoms with Crippen LogP contribution in [0.2, 0.25) is 0 Å². The number of H-pyrrole nitrogens is 1. The van der Waals surface area contributed by atoms with Gasteiger partial charge in [-0.3, -0.25) is 9.59 Å². The summed E-state index contributed by atoms with van der Waals surface area (Å²) in [5, 5.41) is 2.42. The van der Waals surface area contributed by atoms with Crippen molar-refractivity contribution in [3.8, 4) is 0 Å². The van der Waals surface area contributed by atoms with E-state index >= 15 is 0 Å². The maximum absolute atomic E-state index is 11.5. The zero-order chi connectivity index (χ0) is 12.1. The van der Waals surface area contributed by atoms with E-state index in [1.54, 1.807) is 0 Å². The van der Waals surface area contributed by atoms with Gasteiger partial charge in [-0.05, 0) is 19.1 Å². The van der Waals surface area contributed by atoms with Crippen molar-refractivity contribution in [3.05, 3.63) is 23.5 Å². The van der Waals surface area contributed by atoms with Crippen molar-refractivity contribution in [1.82, 2.24) is 10.3 Å². The van der Waals surface area contributed by atoms with Crippen LogP contribution in [-0.2, 0) is 9.53 Å². The van der Waals surface area contributed by atoms with Crippen LogP contribution in [0.15, 0.2) is 12.1 Å². The van der Waals surface area contributed by atoms with E-state index in [1.807, 2.05) is 0 Å². The van der Waals surface area contributed by atoms with Crippen LogP contribution in [0.4, 0.5) is 0 Å². The predicted octanol–water partition coefficient (Wildman–Crippen LogP) is 0.118. The topological polar surface area (TPSA) is 88.3 Å². The number of esters is 1. The number of aromatic amines is 1. The van der Waals surface area contributed by atoms with Crippen LogP contribution in [0.1, 0.15) is 27.9 Å². The van der Waals surface area contributed by atoms with E-state index in [4.69, 9.17) is 0 Å². The number of methoxy groups -OCH3 is 1. The zero-order valence-corrected chi connectivity index (χ0v) is 8.94. The molecule has 6 nitrogen and oxygen atoms in total. The van der Waals surface area contributed by atoms with Crippen LogP contribution in [0, 0.1) is 0 Å². The fourth-order valence-electron chi connectivity index (χ4n) is 1.12. The lowest BCUT2D eigenvalue weighted by molar-refractivity contribution is -0.142. The number of aromatic nitrogens is 1. The predicted molar refractivity (Wildman–Crippen MR) is 55.1 cm³/mol. The van der Waals surface area contributed by atoms with Crippen LogP contribution in [0.5, 0.6) is 0 Å². The quantitative estimate of drug-likeness (QED) is 0.561. The molecule has 0 aliphatic rings. The molecular formula is C10H12N2O4. The second-order valence-corrected chi connectivity index (χ2v) is 3.16. The van der Waals surface area contributed by atoms with E-state index in [2.05, 4.69) is 15.0 Å². The molecule has 0 bridgehead atoms. The Balaban J connectivity index is 2.65. The van der Waals surface area contributed by atoms with Crippen molar-refractivity contribution in [2.24, 2.45) is 0 Å². The Morgan fingerprint density at radius 1 is 1.50 bits per heavy atom. The molecule has 0 radical (unpaired) electrons. The summed E-state index contributed by atoms with van der Waals surface area (Å²) < 4.78 is 4.46. The Morgan fingerprint density at radius 3 is 2.69 bits per heavy atom. The lowest BCUT2D eigenvalue weighted by Crippen LogP contribution is -2.39. The van der Waals surface area contributed by atoms with Gasteiger partial charge < -0.3 is 15.0 Å². The van der Waals surface area contributed by atoms with Gasteiger partial charge in [0.15, 0.2) is 6.29 Å². The standard InChI is InChI=1S/C10H12N2O4/c1-6(10(15)16-2)11-9(14)8-4-3-7(5-13)12-8/h3-6,12H,1-2H3,(H,11,14)/t6-/m0/s1. The van der Waals surface area contributed by atoms with Gasteiger partial charge in [0, 0.05) is 0 Å². The highest BCUT2D eigenvalue weighted by molar-refractivity contribution is 5.96. The molecule has 1 rings (SSSR count). The number of aldehydes is 1. The molecule has 1 aromatic heterocycles. The summed E-state index contributed by atoms with van der Waals surface area (Å²) in [6, 6.07) is 2.20. The summed E-state index contributed by atoms with van der Waals surface area (Å²) >= 11 is 0. The van der Waals surface area contributed by atoms with Crippen molar-refractivity contribution in [2.75, 3.05) is 7.11 Å². The van der Waals surface area contributed by atoms with E-state index < -0.39 is 17.9 Å². The summed E-state index contributed by atoms with van der Waals surface area (Å²) in [7, 11) is 1.24. The molecule has 0 aliphatic carbocycles. The summed E-state index contributed by atoms with van der Waals surface area (Å²) in [4.78, 5) is 35.6. The second kappa shape index (κ2) is 5.11. The van der Waals surface area contributed by atoms with Gasteiger partial charge in [-0.2, -0.15) is 0 Å². The number of nitrogens with one attached hydrogen (secondary N) is 2. The Morgan fingerprint density at radius 2 is 2.19 bits per heavy atom. The maximum Gasteiger partial charge on any atom is 0.328 e. The molecule has 0 spiro atoms. The van der Waals surface area contributed by atoms with Crippen LogP contribution in [0.3, 0.4) is 0 Å². The SMILES string of the molecule is COC(=O)[C@H](C)NC(=O)c1ccc(C=O)[nH]1. The largest absolute Gasteiger partial charge is 0.467 e. The molecule has 1 atom stereocenters. The molecule has 86 valence electrons. The normalized spacial score (nSPS) is 11.6. The molecule has 0 saturated carbocycles. The molecular weight excluding hydrogens is 212 g/mol. The Kier molecular flexibility index (Phi) is 3.82. The first-order chi connectivity index (χ1) is 7.58. The lowest BCUT2D eigenvalue weighted by atomic mass is 10.3. The van der Waals surface area contributed by atoms with Crippen molar-refractivity contribution in [3.63, 3.8) is 0 Å². The average molecular weight is 224 g/mol. The third kappa shape index (κ3) is 2.69. The van der Waals surface area contributed by atoms with Gasteiger partial charge in [0.05, 0.1) is 12.8 Å². The summed E-state index contributed by atoms with van der Waals surface area (Å²) in [6.45, 7) is 1.51. The van der Waals surface area contributed by atoms with Crippen molar-refractivity contribution < 1.29 is 19.1 Å². The van der Waals surface area contributed by atoms with Gasteiger partial charge in [0.1, 0.15) is 11.7 Å². The van der Waals surface area contributed by atoms with Crippen LogP contribution >= 0.6 is 0 Å². The molecule has 1 amide bonds. The van der Waals surface area contributed by atoms with Crippen molar-refractivity contribution >= 4 is 18.2 Å². The Labute approximate surface area is 92.0 Å². The van der Waals surface area contributed by atoms with E-state index in [-0.39, 0.29) is 5.69 Å². The molecule has 1 aromatic rings. The Hall–Kier alpha value is -2.11. The number of rotatable bonds is 4. The minimum atomic E-state index is -0.736. The van der Waals surface area contributed by atoms with E-state index in [0.717, 1.165) is 0 Å². The Bertz CT molecular complexity index is 411. The summed E-state index contributed by atoms with van der Waals surface area (Å²) in [5.74, 6) is -0.999. The molecule has 16 heavy (non-hydrogen) atoms. The first kappa shape index (κ1) is 12.0. The molecule has 0 unspecified atom stereocenters.